The van der Waals surface area contributed by atoms with Gasteiger partial charge >= 0.3 is 0 Å². The number of rotatable bonds is 3. The van der Waals surface area contributed by atoms with Gasteiger partial charge in [-0.2, -0.15) is 0 Å². The van der Waals surface area contributed by atoms with Crippen molar-refractivity contribution in [1.29, 1.82) is 0 Å². The van der Waals surface area contributed by atoms with E-state index in [0.717, 1.165) is 6.42 Å². The molecule has 3 unspecified atom stereocenters. The summed E-state index contributed by atoms with van der Waals surface area (Å²) in [6.45, 7) is 6.56. The monoisotopic (exact) mass is 184 g/mol. The Morgan fingerprint density at radius 3 is 2.69 bits per heavy atom. The first kappa shape index (κ1) is 11.0. The van der Waals surface area contributed by atoms with Gasteiger partial charge in [0.05, 0.1) is 5.60 Å². The maximum absolute atomic E-state index is 10.2. The Bertz CT molecular complexity index is 151. The van der Waals surface area contributed by atoms with Crippen molar-refractivity contribution in [1.82, 2.24) is 0 Å². The summed E-state index contributed by atoms with van der Waals surface area (Å²) in [5.41, 5.74) is -0.382. The average Bonchev–Trinajstić information content (AvgIpc) is 2.03. The van der Waals surface area contributed by atoms with Gasteiger partial charge in [-0.25, -0.2) is 0 Å². The fourth-order valence-electron chi connectivity index (χ4n) is 2.90. The Morgan fingerprint density at radius 1 is 1.46 bits per heavy atom. The van der Waals surface area contributed by atoms with Gasteiger partial charge in [0.15, 0.2) is 0 Å². The third-order valence-corrected chi connectivity index (χ3v) is 3.68. The molecule has 78 valence electrons. The zero-order chi connectivity index (χ0) is 9.90. The summed E-state index contributed by atoms with van der Waals surface area (Å²) < 4.78 is 0. The first-order chi connectivity index (χ1) is 6.08. The van der Waals surface area contributed by atoms with Crippen LogP contribution in [-0.4, -0.2) is 10.7 Å². The lowest BCUT2D eigenvalue weighted by atomic mass is 9.70. The molecule has 3 atom stereocenters. The van der Waals surface area contributed by atoms with Crippen LogP contribution in [0.4, 0.5) is 0 Å². The Hall–Kier alpha value is -0.0400. The lowest BCUT2D eigenvalue weighted by Gasteiger charge is -2.40. The van der Waals surface area contributed by atoms with E-state index in [9.17, 15) is 5.11 Å². The topological polar surface area (TPSA) is 20.2 Å². The molecule has 1 rings (SSSR count). The van der Waals surface area contributed by atoms with E-state index >= 15 is 0 Å². The molecule has 0 amide bonds. The molecule has 0 radical (unpaired) electrons. The van der Waals surface area contributed by atoms with Gasteiger partial charge < -0.3 is 5.11 Å². The van der Waals surface area contributed by atoms with Crippen LogP contribution < -0.4 is 0 Å². The lowest BCUT2D eigenvalue weighted by Crippen LogP contribution is -2.40. The van der Waals surface area contributed by atoms with Crippen molar-refractivity contribution in [2.75, 3.05) is 0 Å². The third-order valence-electron chi connectivity index (χ3n) is 3.68. The van der Waals surface area contributed by atoms with Gasteiger partial charge in [-0.05, 0) is 31.6 Å². The first-order valence-electron chi connectivity index (χ1n) is 5.80. The van der Waals surface area contributed by atoms with E-state index < -0.39 is 0 Å². The molecule has 13 heavy (non-hydrogen) atoms. The molecule has 0 bridgehead atoms. The largest absolute Gasteiger partial charge is 0.390 e. The van der Waals surface area contributed by atoms with Crippen molar-refractivity contribution in [3.05, 3.63) is 0 Å². The van der Waals surface area contributed by atoms with Crippen LogP contribution in [0.15, 0.2) is 0 Å². The van der Waals surface area contributed by atoms with Crippen molar-refractivity contribution in [2.24, 2.45) is 11.8 Å². The van der Waals surface area contributed by atoms with Crippen LogP contribution >= 0.6 is 0 Å². The van der Waals surface area contributed by atoms with E-state index in [0.29, 0.717) is 11.8 Å². The van der Waals surface area contributed by atoms with Crippen LogP contribution in [0.5, 0.6) is 0 Å². The normalized spacial score (nSPS) is 37.4. The van der Waals surface area contributed by atoms with Crippen LogP contribution in [0.25, 0.3) is 0 Å². The molecule has 0 heterocycles. The molecule has 0 spiro atoms. The van der Waals surface area contributed by atoms with E-state index in [2.05, 4.69) is 13.8 Å². The van der Waals surface area contributed by atoms with Crippen molar-refractivity contribution in [3.8, 4) is 0 Å². The summed E-state index contributed by atoms with van der Waals surface area (Å²) in [7, 11) is 0. The molecule has 1 fully saturated rings. The predicted octanol–water partition coefficient (Wildman–Crippen LogP) is 3.36. The SMILES string of the molecule is CCCC(C)C1CCCCC1(C)O. The van der Waals surface area contributed by atoms with Gasteiger partial charge in [0, 0.05) is 0 Å². The molecular weight excluding hydrogens is 160 g/mol. The Kier molecular flexibility index (Phi) is 3.78. The highest BCUT2D eigenvalue weighted by atomic mass is 16.3. The van der Waals surface area contributed by atoms with E-state index in [-0.39, 0.29) is 5.60 Å². The van der Waals surface area contributed by atoms with Crippen LogP contribution in [0.2, 0.25) is 0 Å². The minimum absolute atomic E-state index is 0.382. The van der Waals surface area contributed by atoms with Gasteiger partial charge in [-0.3, -0.25) is 0 Å². The van der Waals surface area contributed by atoms with Gasteiger partial charge in [-0.1, -0.05) is 39.5 Å². The van der Waals surface area contributed by atoms with Crippen molar-refractivity contribution in [2.45, 2.75) is 64.9 Å². The standard InChI is InChI=1S/C12H24O/c1-4-7-10(2)11-8-5-6-9-12(11,3)13/h10-11,13H,4-9H2,1-3H3. The van der Waals surface area contributed by atoms with Crippen molar-refractivity contribution < 1.29 is 5.11 Å². The van der Waals surface area contributed by atoms with Crippen molar-refractivity contribution in [3.63, 3.8) is 0 Å². The highest BCUT2D eigenvalue weighted by Crippen LogP contribution is 2.39. The molecule has 1 nitrogen and oxygen atoms in total. The van der Waals surface area contributed by atoms with Crippen molar-refractivity contribution >= 4 is 0 Å². The third kappa shape index (κ3) is 2.70. The fourth-order valence-corrected chi connectivity index (χ4v) is 2.90. The quantitative estimate of drug-likeness (QED) is 0.713. The number of hydrogen-bond donors (Lipinski definition) is 1. The fraction of sp³-hybridized carbons (Fsp3) is 1.00. The molecule has 1 N–H and O–H groups in total. The first-order valence-corrected chi connectivity index (χ1v) is 5.80. The molecule has 1 saturated carbocycles. The van der Waals surface area contributed by atoms with E-state index in [4.69, 9.17) is 0 Å². The summed E-state index contributed by atoms with van der Waals surface area (Å²) in [5, 5.41) is 10.2. The number of aliphatic hydroxyl groups is 1. The maximum atomic E-state index is 10.2. The number of hydrogen-bond acceptors (Lipinski definition) is 1. The Balaban J connectivity index is 2.54. The minimum Gasteiger partial charge on any atom is -0.390 e. The molecule has 1 aliphatic rings. The van der Waals surface area contributed by atoms with Crippen LogP contribution in [0.1, 0.15) is 59.3 Å². The average molecular weight is 184 g/mol. The van der Waals surface area contributed by atoms with Crippen LogP contribution in [0.3, 0.4) is 0 Å². The molecule has 0 saturated heterocycles. The molecule has 0 aliphatic heterocycles. The van der Waals surface area contributed by atoms with Crippen LogP contribution in [0, 0.1) is 11.8 Å². The lowest BCUT2D eigenvalue weighted by molar-refractivity contribution is -0.0544. The highest BCUT2D eigenvalue weighted by Gasteiger charge is 2.36. The van der Waals surface area contributed by atoms with Gasteiger partial charge in [0.1, 0.15) is 0 Å². The highest BCUT2D eigenvalue weighted by molar-refractivity contribution is 4.88. The Labute approximate surface area is 82.5 Å². The second-order valence-corrected chi connectivity index (χ2v) is 4.98. The zero-order valence-electron chi connectivity index (χ0n) is 9.34. The van der Waals surface area contributed by atoms with E-state index in [1.54, 1.807) is 0 Å². The summed E-state index contributed by atoms with van der Waals surface area (Å²) in [5.74, 6) is 1.24. The van der Waals surface area contributed by atoms with E-state index in [1.807, 2.05) is 6.92 Å². The van der Waals surface area contributed by atoms with E-state index in [1.165, 1.54) is 32.1 Å². The maximum Gasteiger partial charge on any atom is 0.0650 e. The second kappa shape index (κ2) is 4.45. The smallest absolute Gasteiger partial charge is 0.0650 e. The minimum atomic E-state index is -0.382. The van der Waals surface area contributed by atoms with Gasteiger partial charge in [0.25, 0.3) is 0 Å². The van der Waals surface area contributed by atoms with Gasteiger partial charge in [0.2, 0.25) is 0 Å². The summed E-state index contributed by atoms with van der Waals surface area (Å²) >= 11 is 0. The summed E-state index contributed by atoms with van der Waals surface area (Å²) in [6, 6.07) is 0. The molecule has 0 aromatic carbocycles. The molecule has 1 heteroatoms. The molecule has 1 aliphatic carbocycles. The van der Waals surface area contributed by atoms with Gasteiger partial charge in [-0.15, -0.1) is 0 Å². The Morgan fingerprint density at radius 2 is 2.15 bits per heavy atom. The summed E-state index contributed by atoms with van der Waals surface area (Å²) in [6.07, 6.45) is 7.27. The summed E-state index contributed by atoms with van der Waals surface area (Å²) in [4.78, 5) is 0. The zero-order valence-corrected chi connectivity index (χ0v) is 9.34. The molecule has 0 aromatic heterocycles. The second-order valence-electron chi connectivity index (χ2n) is 4.98. The predicted molar refractivity (Wildman–Crippen MR) is 56.7 cm³/mol. The van der Waals surface area contributed by atoms with Crippen LogP contribution in [-0.2, 0) is 0 Å². The molecule has 0 aromatic rings. The molecular formula is C12H24O.